The topological polar surface area (TPSA) is 93.4 Å². The van der Waals surface area contributed by atoms with E-state index in [1.54, 1.807) is 0 Å². The summed E-state index contributed by atoms with van der Waals surface area (Å²) in [5.41, 5.74) is 0.0212. The molecule has 0 radical (unpaired) electrons. The van der Waals surface area contributed by atoms with Crippen molar-refractivity contribution in [1.82, 2.24) is 4.98 Å². The quantitative estimate of drug-likeness (QED) is 0.593. The Labute approximate surface area is 133 Å². The summed E-state index contributed by atoms with van der Waals surface area (Å²) in [4.78, 5) is 38.8. The van der Waals surface area contributed by atoms with Gasteiger partial charge in [-0.05, 0) is 21.8 Å². The number of carbonyl (C=O) groups excluding carboxylic acids is 2. The predicted molar refractivity (Wildman–Crippen MR) is 82.2 cm³/mol. The van der Waals surface area contributed by atoms with E-state index < -0.39 is 4.92 Å². The molecule has 1 aromatic heterocycles. The normalized spacial score (nSPS) is 18.1. The van der Waals surface area contributed by atoms with Gasteiger partial charge in [0.05, 0.1) is 9.40 Å². The number of halogens is 1. The first kappa shape index (κ1) is 15.9. The fourth-order valence-corrected chi connectivity index (χ4v) is 3.39. The summed E-state index contributed by atoms with van der Waals surface area (Å²) in [6.45, 7) is 1.84. The molecule has 9 heteroatoms. The molecule has 7 nitrogen and oxygen atoms in total. The summed E-state index contributed by atoms with van der Waals surface area (Å²) in [6.07, 6.45) is 2.84. The van der Waals surface area contributed by atoms with Gasteiger partial charge in [-0.2, -0.15) is 0 Å². The highest BCUT2D eigenvalue weighted by molar-refractivity contribution is 9.10. The summed E-state index contributed by atoms with van der Waals surface area (Å²) in [5.74, 6) is 0.360. The predicted octanol–water partition coefficient (Wildman–Crippen LogP) is 2.38. The monoisotopic (exact) mass is 373 g/mol. The van der Waals surface area contributed by atoms with Crippen LogP contribution in [-0.4, -0.2) is 33.2 Å². The van der Waals surface area contributed by atoms with Crippen molar-refractivity contribution < 1.29 is 14.5 Å². The lowest BCUT2D eigenvalue weighted by Gasteiger charge is -2.17. The number of aromatic nitrogens is 1. The molecule has 0 aromatic carbocycles. The Hall–Kier alpha value is -1.48. The van der Waals surface area contributed by atoms with Crippen molar-refractivity contribution >= 4 is 50.1 Å². The molecule has 2 heterocycles. The number of carbonyl (C=O) groups is 2. The third-order valence-corrected chi connectivity index (χ3v) is 4.67. The average Bonchev–Trinajstić information content (AvgIpc) is 2.77. The average molecular weight is 374 g/mol. The zero-order chi connectivity index (χ0) is 15.6. The fraction of sp³-hybridized carbons (Fsp3) is 0.417. The molecular weight excluding hydrogens is 362 g/mol. The maximum atomic E-state index is 12.1. The number of nitro groups is 1. The first-order chi connectivity index (χ1) is 9.90. The van der Waals surface area contributed by atoms with Crippen molar-refractivity contribution in [1.29, 1.82) is 0 Å². The van der Waals surface area contributed by atoms with Gasteiger partial charge in [-0.25, -0.2) is 0 Å². The largest absolute Gasteiger partial charge is 0.312 e. The van der Waals surface area contributed by atoms with Gasteiger partial charge in [0.1, 0.15) is 11.9 Å². The molecule has 0 N–H and O–H groups in total. The van der Waals surface area contributed by atoms with E-state index >= 15 is 0 Å². The smallest absolute Gasteiger partial charge is 0.305 e. The Morgan fingerprint density at radius 2 is 2.33 bits per heavy atom. The van der Waals surface area contributed by atoms with Gasteiger partial charge in [-0.1, -0.05) is 11.8 Å². The highest BCUT2D eigenvalue weighted by Gasteiger charge is 2.35. The van der Waals surface area contributed by atoms with E-state index in [2.05, 4.69) is 20.9 Å². The van der Waals surface area contributed by atoms with Crippen LogP contribution in [0.15, 0.2) is 16.9 Å². The number of pyridine rings is 1. The zero-order valence-corrected chi connectivity index (χ0v) is 13.5. The van der Waals surface area contributed by atoms with Crippen LogP contribution in [0.25, 0.3) is 0 Å². The molecule has 21 heavy (non-hydrogen) atoms. The van der Waals surface area contributed by atoms with Crippen LogP contribution in [0, 0.1) is 16.0 Å². The third kappa shape index (κ3) is 3.59. The summed E-state index contributed by atoms with van der Waals surface area (Å²) < 4.78 is 0.407. The van der Waals surface area contributed by atoms with Crippen molar-refractivity contribution in [2.75, 3.05) is 17.2 Å². The molecule has 1 saturated heterocycles. The Morgan fingerprint density at radius 1 is 1.62 bits per heavy atom. The highest BCUT2D eigenvalue weighted by Crippen LogP contribution is 2.38. The van der Waals surface area contributed by atoms with Crippen molar-refractivity contribution in [3.05, 3.63) is 27.0 Å². The molecule has 0 aliphatic carbocycles. The number of hydrogen-bond acceptors (Lipinski definition) is 6. The molecule has 0 spiro atoms. The summed E-state index contributed by atoms with van der Waals surface area (Å²) in [6, 6.07) is 0. The van der Waals surface area contributed by atoms with Gasteiger partial charge in [-0.3, -0.25) is 24.7 Å². The molecule has 112 valence electrons. The van der Waals surface area contributed by atoms with Gasteiger partial charge in [0, 0.05) is 31.8 Å². The SMILES string of the molecule is CC(=O)SCC1CC(=O)N(c2c(Br)cncc2[N+](=O)[O-])C1. The van der Waals surface area contributed by atoms with Gasteiger partial charge in [-0.15, -0.1) is 0 Å². The lowest BCUT2D eigenvalue weighted by atomic mass is 10.1. The molecule has 2 rings (SSSR count). The number of anilines is 1. The standard InChI is InChI=1S/C12H12BrN3O4S/c1-7(17)21-6-8-2-11(18)15(5-8)12-9(13)3-14-4-10(12)16(19)20/h3-4,8H,2,5-6H2,1H3. The van der Waals surface area contributed by atoms with E-state index in [9.17, 15) is 19.7 Å². The van der Waals surface area contributed by atoms with Gasteiger partial charge in [0.25, 0.3) is 0 Å². The Balaban J connectivity index is 2.25. The van der Waals surface area contributed by atoms with Crippen LogP contribution >= 0.6 is 27.7 Å². The molecule has 1 aromatic rings. The molecule has 0 bridgehead atoms. The summed E-state index contributed by atoms with van der Waals surface area (Å²) in [5, 5.41) is 11.1. The molecule has 1 fully saturated rings. The number of amides is 1. The number of hydrogen-bond donors (Lipinski definition) is 0. The van der Waals surface area contributed by atoms with Crippen molar-refractivity contribution in [3.63, 3.8) is 0 Å². The zero-order valence-electron chi connectivity index (χ0n) is 11.1. The number of rotatable bonds is 4. The van der Waals surface area contributed by atoms with Crippen molar-refractivity contribution in [2.45, 2.75) is 13.3 Å². The van der Waals surface area contributed by atoms with E-state index in [4.69, 9.17) is 0 Å². The van der Waals surface area contributed by atoms with E-state index in [1.165, 1.54) is 29.8 Å². The Kier molecular flexibility index (Phi) is 4.94. The van der Waals surface area contributed by atoms with Crippen molar-refractivity contribution in [2.24, 2.45) is 5.92 Å². The van der Waals surface area contributed by atoms with Crippen LogP contribution in [0.4, 0.5) is 11.4 Å². The van der Waals surface area contributed by atoms with Gasteiger partial charge in [0.2, 0.25) is 5.91 Å². The van der Waals surface area contributed by atoms with Crippen LogP contribution in [-0.2, 0) is 9.59 Å². The van der Waals surface area contributed by atoms with Crippen LogP contribution in [0.5, 0.6) is 0 Å². The molecule has 1 aliphatic rings. The fourth-order valence-electron chi connectivity index (χ4n) is 2.16. The second-order valence-electron chi connectivity index (χ2n) is 4.62. The lowest BCUT2D eigenvalue weighted by molar-refractivity contribution is -0.384. The van der Waals surface area contributed by atoms with Gasteiger partial charge >= 0.3 is 5.69 Å². The first-order valence-corrected chi connectivity index (χ1v) is 7.89. The van der Waals surface area contributed by atoms with Crippen LogP contribution in [0.2, 0.25) is 0 Å². The minimum atomic E-state index is -0.558. The minimum Gasteiger partial charge on any atom is -0.305 e. The van der Waals surface area contributed by atoms with Crippen LogP contribution < -0.4 is 4.90 Å². The molecule has 1 amide bonds. The number of thioether (sulfide) groups is 1. The molecule has 1 atom stereocenters. The van der Waals surface area contributed by atoms with E-state index in [0.29, 0.717) is 16.8 Å². The molecular formula is C12H12BrN3O4S. The van der Waals surface area contributed by atoms with Gasteiger partial charge in [0.15, 0.2) is 5.12 Å². The van der Waals surface area contributed by atoms with Gasteiger partial charge < -0.3 is 4.90 Å². The van der Waals surface area contributed by atoms with Crippen LogP contribution in [0.3, 0.4) is 0 Å². The lowest BCUT2D eigenvalue weighted by Crippen LogP contribution is -2.26. The summed E-state index contributed by atoms with van der Waals surface area (Å²) in [7, 11) is 0. The molecule has 1 unspecified atom stereocenters. The van der Waals surface area contributed by atoms with Crippen LogP contribution in [0.1, 0.15) is 13.3 Å². The second kappa shape index (κ2) is 6.52. The molecule has 1 aliphatic heterocycles. The first-order valence-electron chi connectivity index (χ1n) is 6.11. The second-order valence-corrected chi connectivity index (χ2v) is 6.67. The maximum absolute atomic E-state index is 12.1. The van der Waals surface area contributed by atoms with Crippen molar-refractivity contribution in [3.8, 4) is 0 Å². The Morgan fingerprint density at radius 3 is 2.95 bits per heavy atom. The van der Waals surface area contributed by atoms with E-state index in [-0.39, 0.29) is 34.7 Å². The Bertz CT molecular complexity index is 610. The third-order valence-electron chi connectivity index (χ3n) is 3.05. The van der Waals surface area contributed by atoms with E-state index in [1.807, 2.05) is 0 Å². The number of nitrogens with zero attached hydrogens (tertiary/aromatic N) is 3. The maximum Gasteiger partial charge on any atom is 0.312 e. The summed E-state index contributed by atoms with van der Waals surface area (Å²) >= 11 is 4.38. The highest BCUT2D eigenvalue weighted by atomic mass is 79.9. The minimum absolute atomic E-state index is 0.00280. The molecule has 0 saturated carbocycles. The van der Waals surface area contributed by atoms with E-state index in [0.717, 1.165) is 6.20 Å².